The fourth-order valence-electron chi connectivity index (χ4n) is 0.595. The number of ether oxygens (including phenoxy) is 2. The van der Waals surface area contributed by atoms with Crippen molar-refractivity contribution in [2.24, 2.45) is 5.92 Å². The summed E-state index contributed by atoms with van der Waals surface area (Å²) in [5, 5.41) is 0. The van der Waals surface area contributed by atoms with E-state index in [0.29, 0.717) is 12.5 Å². The minimum absolute atomic E-state index is 0.142. The first-order chi connectivity index (χ1) is 4.83. The number of hydrogen-bond acceptors (Lipinski definition) is 3. The van der Waals surface area contributed by atoms with Gasteiger partial charge in [-0.1, -0.05) is 0 Å². The minimum atomic E-state index is -0.595. The Morgan fingerprint density at radius 1 is 1.50 bits per heavy atom. The molecule has 0 heterocycles. The van der Waals surface area contributed by atoms with E-state index >= 15 is 0 Å². The zero-order chi connectivity index (χ0) is 7.40. The van der Waals surface area contributed by atoms with E-state index in [1.165, 1.54) is 12.8 Å². The zero-order valence-corrected chi connectivity index (χ0v) is 5.84. The maximum absolute atomic E-state index is 10.5. The second-order valence-corrected chi connectivity index (χ2v) is 2.35. The van der Waals surface area contributed by atoms with Crippen molar-refractivity contribution in [3.05, 3.63) is 6.92 Å². The zero-order valence-electron chi connectivity index (χ0n) is 5.84. The summed E-state index contributed by atoms with van der Waals surface area (Å²) in [5.74, 6) is 0.595. The lowest BCUT2D eigenvalue weighted by atomic mass is 10.5. The van der Waals surface area contributed by atoms with Crippen LogP contribution < -0.4 is 0 Å². The van der Waals surface area contributed by atoms with Gasteiger partial charge in [0.1, 0.15) is 0 Å². The second kappa shape index (κ2) is 3.44. The highest BCUT2D eigenvalue weighted by atomic mass is 16.7. The number of hydrogen-bond donors (Lipinski definition) is 0. The van der Waals surface area contributed by atoms with Gasteiger partial charge in [0.25, 0.3) is 0 Å². The van der Waals surface area contributed by atoms with Gasteiger partial charge in [-0.3, -0.25) is 0 Å². The van der Waals surface area contributed by atoms with E-state index in [0.717, 1.165) is 0 Å². The molecule has 1 radical (unpaired) electrons. The van der Waals surface area contributed by atoms with Crippen LogP contribution >= 0.6 is 0 Å². The van der Waals surface area contributed by atoms with E-state index in [-0.39, 0.29) is 6.61 Å². The summed E-state index contributed by atoms with van der Waals surface area (Å²) < 4.78 is 9.15. The highest BCUT2D eigenvalue weighted by molar-refractivity contribution is 5.59. The molecule has 0 amide bonds. The molecule has 0 aromatic heterocycles. The number of carbonyl (C=O) groups excluding carboxylic acids is 1. The van der Waals surface area contributed by atoms with Crippen molar-refractivity contribution in [1.29, 1.82) is 0 Å². The molecule has 0 aliphatic heterocycles. The van der Waals surface area contributed by atoms with Crippen molar-refractivity contribution in [2.45, 2.75) is 12.8 Å². The average Bonchev–Trinajstić information content (AvgIpc) is 2.67. The van der Waals surface area contributed by atoms with Crippen LogP contribution in [-0.4, -0.2) is 19.4 Å². The second-order valence-electron chi connectivity index (χ2n) is 2.35. The summed E-state index contributed by atoms with van der Waals surface area (Å²) >= 11 is 0. The van der Waals surface area contributed by atoms with Crippen molar-refractivity contribution in [2.75, 3.05) is 13.2 Å². The largest absolute Gasteiger partial charge is 0.508 e. The Morgan fingerprint density at radius 3 is 2.70 bits per heavy atom. The number of rotatable bonds is 3. The first-order valence-corrected chi connectivity index (χ1v) is 3.41. The molecule has 1 aliphatic rings. The van der Waals surface area contributed by atoms with Crippen LogP contribution in [0.15, 0.2) is 0 Å². The SMILES string of the molecule is [CH2]COC(=O)OCC1CC1. The van der Waals surface area contributed by atoms with E-state index in [2.05, 4.69) is 11.7 Å². The first kappa shape index (κ1) is 7.38. The Balaban J connectivity index is 1.94. The maximum atomic E-state index is 10.5. The van der Waals surface area contributed by atoms with Crippen molar-refractivity contribution >= 4 is 6.16 Å². The molecule has 3 heteroatoms. The molecule has 0 saturated heterocycles. The molecule has 10 heavy (non-hydrogen) atoms. The van der Waals surface area contributed by atoms with Gasteiger partial charge in [0.15, 0.2) is 0 Å². The van der Waals surface area contributed by atoms with Crippen LogP contribution in [0.3, 0.4) is 0 Å². The first-order valence-electron chi connectivity index (χ1n) is 3.41. The molecule has 0 bridgehead atoms. The maximum Gasteiger partial charge on any atom is 0.508 e. The molecule has 1 saturated carbocycles. The van der Waals surface area contributed by atoms with Crippen LogP contribution in [0.1, 0.15) is 12.8 Å². The molecule has 3 nitrogen and oxygen atoms in total. The molecule has 1 fully saturated rings. The third-order valence-corrected chi connectivity index (χ3v) is 1.35. The lowest BCUT2D eigenvalue weighted by molar-refractivity contribution is 0.0595. The predicted octanol–water partition coefficient (Wildman–Crippen LogP) is 1.38. The van der Waals surface area contributed by atoms with Gasteiger partial charge in [-0.25, -0.2) is 4.79 Å². The quantitative estimate of drug-likeness (QED) is 0.560. The molecule has 1 rings (SSSR count). The standard InChI is InChI=1S/C7H11O3/c1-2-9-7(8)10-5-6-3-4-6/h6H,1-5H2. The van der Waals surface area contributed by atoms with Gasteiger partial charge in [-0.2, -0.15) is 0 Å². The van der Waals surface area contributed by atoms with Gasteiger partial charge in [0.05, 0.1) is 13.2 Å². The van der Waals surface area contributed by atoms with Gasteiger partial charge >= 0.3 is 6.16 Å². The molecule has 0 aromatic rings. The summed E-state index contributed by atoms with van der Waals surface area (Å²) in [6.07, 6.45) is 1.76. The van der Waals surface area contributed by atoms with Gasteiger partial charge in [0.2, 0.25) is 0 Å². The van der Waals surface area contributed by atoms with Crippen LogP contribution in [0.2, 0.25) is 0 Å². The van der Waals surface area contributed by atoms with Crippen LogP contribution in [0.5, 0.6) is 0 Å². The molecular weight excluding hydrogens is 132 g/mol. The van der Waals surface area contributed by atoms with E-state index in [4.69, 9.17) is 4.74 Å². The van der Waals surface area contributed by atoms with Gasteiger partial charge in [-0.05, 0) is 25.7 Å². The van der Waals surface area contributed by atoms with Crippen LogP contribution in [0.4, 0.5) is 4.79 Å². The predicted molar refractivity (Wildman–Crippen MR) is 35.4 cm³/mol. The van der Waals surface area contributed by atoms with Crippen LogP contribution in [-0.2, 0) is 9.47 Å². The average molecular weight is 143 g/mol. The van der Waals surface area contributed by atoms with Crippen LogP contribution in [0, 0.1) is 12.8 Å². The molecule has 0 spiro atoms. The summed E-state index contributed by atoms with van der Waals surface area (Å²) in [7, 11) is 0. The van der Waals surface area contributed by atoms with E-state index < -0.39 is 6.16 Å². The van der Waals surface area contributed by atoms with E-state index in [9.17, 15) is 4.79 Å². The Bertz CT molecular complexity index is 118. The Kier molecular flexibility index (Phi) is 2.54. The smallest absolute Gasteiger partial charge is 0.434 e. The Labute approximate surface area is 60.3 Å². The van der Waals surface area contributed by atoms with Crippen molar-refractivity contribution in [1.82, 2.24) is 0 Å². The molecule has 0 aromatic carbocycles. The molecule has 0 N–H and O–H groups in total. The van der Waals surface area contributed by atoms with Gasteiger partial charge in [0, 0.05) is 0 Å². The van der Waals surface area contributed by atoms with Crippen molar-refractivity contribution in [3.8, 4) is 0 Å². The van der Waals surface area contributed by atoms with E-state index in [1.807, 2.05) is 0 Å². The fourth-order valence-corrected chi connectivity index (χ4v) is 0.595. The summed E-state index contributed by atoms with van der Waals surface area (Å²) in [6.45, 7) is 4.00. The number of carbonyl (C=O) groups is 1. The summed E-state index contributed by atoms with van der Waals surface area (Å²) in [6, 6.07) is 0. The summed E-state index contributed by atoms with van der Waals surface area (Å²) in [5.41, 5.74) is 0. The molecular formula is C7H11O3. The van der Waals surface area contributed by atoms with Gasteiger partial charge in [-0.15, -0.1) is 0 Å². The lowest BCUT2D eigenvalue weighted by Gasteiger charge is -2.01. The van der Waals surface area contributed by atoms with Crippen LogP contribution in [0.25, 0.3) is 0 Å². The highest BCUT2D eigenvalue weighted by Crippen LogP contribution is 2.28. The normalized spacial score (nSPS) is 16.5. The van der Waals surface area contributed by atoms with Crippen molar-refractivity contribution < 1.29 is 14.3 Å². The lowest BCUT2D eigenvalue weighted by Crippen LogP contribution is -2.08. The molecule has 57 valence electrons. The van der Waals surface area contributed by atoms with Crippen molar-refractivity contribution in [3.63, 3.8) is 0 Å². The highest BCUT2D eigenvalue weighted by Gasteiger charge is 2.23. The minimum Gasteiger partial charge on any atom is -0.434 e. The fraction of sp³-hybridized carbons (Fsp3) is 0.714. The Hall–Kier alpha value is -0.730. The monoisotopic (exact) mass is 143 g/mol. The third-order valence-electron chi connectivity index (χ3n) is 1.35. The molecule has 0 unspecified atom stereocenters. The van der Waals surface area contributed by atoms with Gasteiger partial charge < -0.3 is 9.47 Å². The molecule has 1 aliphatic carbocycles. The molecule has 0 atom stereocenters. The topological polar surface area (TPSA) is 35.5 Å². The Morgan fingerprint density at radius 2 is 2.20 bits per heavy atom. The van der Waals surface area contributed by atoms with E-state index in [1.54, 1.807) is 0 Å². The third kappa shape index (κ3) is 2.71. The summed E-state index contributed by atoms with van der Waals surface area (Å²) in [4.78, 5) is 10.5.